The molecule has 3 heterocycles. The smallest absolute Gasteiger partial charge is 0.263 e. The molecule has 0 radical (unpaired) electrons. The Morgan fingerprint density at radius 2 is 2.12 bits per heavy atom. The maximum atomic E-state index is 12.5. The third-order valence-electron chi connectivity index (χ3n) is 4.41. The molecule has 0 spiro atoms. The summed E-state index contributed by atoms with van der Waals surface area (Å²) in [7, 11) is 0. The normalized spacial score (nSPS) is 20.8. The highest BCUT2D eigenvalue weighted by Crippen LogP contribution is 2.42. The molecule has 2 aromatic heterocycles. The van der Waals surface area contributed by atoms with Crippen molar-refractivity contribution in [1.82, 2.24) is 15.1 Å². The molecule has 126 valence electrons. The minimum atomic E-state index is -0.184. The van der Waals surface area contributed by atoms with Crippen LogP contribution < -0.4 is 5.32 Å². The molecular formula is C16H18N4O2S2. The second-order valence-electron chi connectivity index (χ2n) is 6.28. The highest BCUT2D eigenvalue weighted by atomic mass is 32.1. The minimum Gasteiger partial charge on any atom is -0.337 e. The van der Waals surface area contributed by atoms with Crippen LogP contribution in [0.1, 0.15) is 46.3 Å². The molecule has 2 fully saturated rings. The standard InChI is InChI=1S/C16H18N4O2S2/c21-13(17-16-19-18-14(24-16)10-5-6-10)11-3-1-7-20(9-11)15(22)12-4-2-8-23-12/h2,4,8,10-11H,1,3,5-7,9H2,(H,17,19,21). The maximum absolute atomic E-state index is 12.5. The first kappa shape index (κ1) is 15.7. The Kier molecular flexibility index (Phi) is 4.32. The Balaban J connectivity index is 1.37. The van der Waals surface area contributed by atoms with E-state index in [1.165, 1.54) is 35.5 Å². The Morgan fingerprint density at radius 1 is 1.25 bits per heavy atom. The van der Waals surface area contributed by atoms with Gasteiger partial charge < -0.3 is 10.2 Å². The number of anilines is 1. The first-order chi connectivity index (χ1) is 11.7. The van der Waals surface area contributed by atoms with Crippen molar-refractivity contribution < 1.29 is 9.59 Å². The fraction of sp³-hybridized carbons (Fsp3) is 0.500. The average Bonchev–Trinajstić information content (AvgIpc) is 3.11. The van der Waals surface area contributed by atoms with Gasteiger partial charge in [0.2, 0.25) is 11.0 Å². The monoisotopic (exact) mass is 362 g/mol. The number of aromatic nitrogens is 2. The van der Waals surface area contributed by atoms with Gasteiger partial charge in [-0.1, -0.05) is 17.4 Å². The summed E-state index contributed by atoms with van der Waals surface area (Å²) in [6, 6.07) is 3.70. The van der Waals surface area contributed by atoms with Crippen LogP contribution in [0.25, 0.3) is 0 Å². The first-order valence-electron chi connectivity index (χ1n) is 8.18. The second-order valence-corrected chi connectivity index (χ2v) is 8.23. The Labute approximate surface area is 147 Å². The zero-order chi connectivity index (χ0) is 16.5. The molecule has 1 N–H and O–H groups in total. The molecule has 6 nitrogen and oxygen atoms in total. The topological polar surface area (TPSA) is 75.2 Å². The molecular weight excluding hydrogens is 344 g/mol. The number of likely N-dealkylation sites (tertiary alicyclic amines) is 1. The molecule has 24 heavy (non-hydrogen) atoms. The number of hydrogen-bond acceptors (Lipinski definition) is 6. The number of amides is 2. The predicted octanol–water partition coefficient (Wildman–Crippen LogP) is 2.97. The third kappa shape index (κ3) is 3.34. The van der Waals surface area contributed by atoms with Crippen LogP contribution in [0.2, 0.25) is 0 Å². The van der Waals surface area contributed by atoms with E-state index in [4.69, 9.17) is 0 Å². The van der Waals surface area contributed by atoms with Gasteiger partial charge in [-0.2, -0.15) is 0 Å². The van der Waals surface area contributed by atoms with Gasteiger partial charge in [0.1, 0.15) is 5.01 Å². The van der Waals surface area contributed by atoms with Gasteiger partial charge in [0.25, 0.3) is 5.91 Å². The molecule has 0 aromatic carbocycles. The quantitative estimate of drug-likeness (QED) is 0.907. The highest BCUT2D eigenvalue weighted by molar-refractivity contribution is 7.15. The maximum Gasteiger partial charge on any atom is 0.263 e. The van der Waals surface area contributed by atoms with Crippen LogP contribution in [-0.2, 0) is 4.79 Å². The average molecular weight is 362 g/mol. The first-order valence-corrected chi connectivity index (χ1v) is 9.87. The lowest BCUT2D eigenvalue weighted by Gasteiger charge is -2.31. The fourth-order valence-corrected chi connectivity index (χ4v) is 4.53. The van der Waals surface area contributed by atoms with Crippen molar-refractivity contribution in [3.63, 3.8) is 0 Å². The summed E-state index contributed by atoms with van der Waals surface area (Å²) in [5, 5.41) is 14.6. The van der Waals surface area contributed by atoms with Crippen LogP contribution in [0.4, 0.5) is 5.13 Å². The Bertz CT molecular complexity index is 739. The summed E-state index contributed by atoms with van der Waals surface area (Å²) in [6.07, 6.45) is 3.99. The molecule has 4 rings (SSSR count). The minimum absolute atomic E-state index is 0.0226. The van der Waals surface area contributed by atoms with Crippen LogP contribution in [-0.4, -0.2) is 40.0 Å². The molecule has 2 aromatic rings. The van der Waals surface area contributed by atoms with E-state index in [1.807, 2.05) is 17.5 Å². The number of nitrogens with zero attached hydrogens (tertiary/aromatic N) is 3. The summed E-state index contributed by atoms with van der Waals surface area (Å²) in [5.74, 6) is 0.323. The number of nitrogens with one attached hydrogen (secondary N) is 1. The van der Waals surface area contributed by atoms with E-state index in [2.05, 4.69) is 15.5 Å². The number of rotatable bonds is 4. The van der Waals surface area contributed by atoms with Crippen LogP contribution in [0.15, 0.2) is 17.5 Å². The lowest BCUT2D eigenvalue weighted by Crippen LogP contribution is -2.43. The number of thiophene rings is 1. The van der Waals surface area contributed by atoms with E-state index in [-0.39, 0.29) is 17.7 Å². The lowest BCUT2D eigenvalue weighted by atomic mass is 9.97. The zero-order valence-corrected chi connectivity index (χ0v) is 14.7. The van der Waals surface area contributed by atoms with Crippen molar-refractivity contribution in [1.29, 1.82) is 0 Å². The molecule has 1 aliphatic carbocycles. The van der Waals surface area contributed by atoms with Gasteiger partial charge in [-0.3, -0.25) is 9.59 Å². The van der Waals surface area contributed by atoms with E-state index in [0.717, 1.165) is 22.7 Å². The van der Waals surface area contributed by atoms with Gasteiger partial charge in [0.05, 0.1) is 10.8 Å². The molecule has 1 atom stereocenters. The molecule has 0 bridgehead atoms. The SMILES string of the molecule is O=C(Nc1nnc(C2CC2)s1)C1CCCN(C(=O)c2cccs2)C1. The largest absolute Gasteiger partial charge is 0.337 e. The van der Waals surface area contributed by atoms with Crippen molar-refractivity contribution in [3.8, 4) is 0 Å². The van der Waals surface area contributed by atoms with E-state index >= 15 is 0 Å². The summed E-state index contributed by atoms with van der Waals surface area (Å²) >= 11 is 2.91. The molecule has 8 heteroatoms. The molecule has 1 unspecified atom stereocenters. The number of piperidine rings is 1. The Morgan fingerprint density at radius 3 is 2.88 bits per heavy atom. The zero-order valence-electron chi connectivity index (χ0n) is 13.1. The number of carbonyl (C=O) groups is 2. The predicted molar refractivity (Wildman–Crippen MR) is 93.5 cm³/mol. The third-order valence-corrected chi connectivity index (χ3v) is 6.27. The van der Waals surface area contributed by atoms with Gasteiger partial charge >= 0.3 is 0 Å². The molecule has 2 amide bonds. The summed E-state index contributed by atoms with van der Waals surface area (Å²) in [6.45, 7) is 1.18. The van der Waals surface area contributed by atoms with E-state index in [1.54, 1.807) is 4.90 Å². The van der Waals surface area contributed by atoms with Gasteiger partial charge in [0.15, 0.2) is 0 Å². The van der Waals surface area contributed by atoms with Gasteiger partial charge in [-0.15, -0.1) is 21.5 Å². The fourth-order valence-electron chi connectivity index (χ4n) is 2.92. The van der Waals surface area contributed by atoms with Crippen molar-refractivity contribution in [2.45, 2.75) is 31.6 Å². The van der Waals surface area contributed by atoms with Gasteiger partial charge in [0, 0.05) is 19.0 Å². The lowest BCUT2D eigenvalue weighted by molar-refractivity contribution is -0.121. The molecule has 2 aliphatic rings. The summed E-state index contributed by atoms with van der Waals surface area (Å²) in [5.41, 5.74) is 0. The van der Waals surface area contributed by atoms with E-state index < -0.39 is 0 Å². The Hall–Kier alpha value is -1.80. The van der Waals surface area contributed by atoms with Crippen LogP contribution >= 0.6 is 22.7 Å². The van der Waals surface area contributed by atoms with Crippen molar-refractivity contribution in [2.75, 3.05) is 18.4 Å². The van der Waals surface area contributed by atoms with Crippen molar-refractivity contribution in [2.24, 2.45) is 5.92 Å². The van der Waals surface area contributed by atoms with Crippen LogP contribution in [0, 0.1) is 5.92 Å². The summed E-state index contributed by atoms with van der Waals surface area (Å²) in [4.78, 5) is 27.5. The van der Waals surface area contributed by atoms with E-state index in [0.29, 0.717) is 24.1 Å². The highest BCUT2D eigenvalue weighted by Gasteiger charge is 2.31. The number of hydrogen-bond donors (Lipinski definition) is 1. The molecule has 1 aliphatic heterocycles. The van der Waals surface area contributed by atoms with Crippen molar-refractivity contribution >= 4 is 39.6 Å². The van der Waals surface area contributed by atoms with Crippen molar-refractivity contribution in [3.05, 3.63) is 27.4 Å². The van der Waals surface area contributed by atoms with Gasteiger partial charge in [-0.25, -0.2) is 0 Å². The van der Waals surface area contributed by atoms with E-state index in [9.17, 15) is 9.59 Å². The van der Waals surface area contributed by atoms with Gasteiger partial charge in [-0.05, 0) is 37.1 Å². The van der Waals surface area contributed by atoms with Crippen LogP contribution in [0.3, 0.4) is 0 Å². The summed E-state index contributed by atoms with van der Waals surface area (Å²) < 4.78 is 0. The molecule has 1 saturated carbocycles. The number of carbonyl (C=O) groups excluding carboxylic acids is 2. The second kappa shape index (κ2) is 6.60. The van der Waals surface area contributed by atoms with Crippen LogP contribution in [0.5, 0.6) is 0 Å². The molecule has 1 saturated heterocycles.